The van der Waals surface area contributed by atoms with Gasteiger partial charge in [-0.05, 0) is 12.1 Å². The fourth-order valence-corrected chi connectivity index (χ4v) is 0.966. The highest BCUT2D eigenvalue weighted by molar-refractivity contribution is 5.83. The lowest BCUT2D eigenvalue weighted by atomic mass is 10.2. The molecule has 0 atom stereocenters. The normalized spacial score (nSPS) is 9.71. The van der Waals surface area contributed by atoms with Gasteiger partial charge in [0.2, 0.25) is 11.8 Å². The quantitative estimate of drug-likeness (QED) is 0.684. The van der Waals surface area contributed by atoms with E-state index in [0.717, 1.165) is 5.76 Å². The Morgan fingerprint density at radius 2 is 2.29 bits per heavy atom. The Balaban J connectivity index is 2.18. The van der Waals surface area contributed by atoms with Gasteiger partial charge in [0.1, 0.15) is 5.76 Å². The van der Waals surface area contributed by atoms with Crippen molar-refractivity contribution in [3.05, 3.63) is 24.2 Å². The van der Waals surface area contributed by atoms with Crippen molar-refractivity contribution in [3.63, 3.8) is 0 Å². The van der Waals surface area contributed by atoms with Crippen LogP contribution in [0.4, 0.5) is 0 Å². The topological polar surface area (TPSA) is 85.3 Å². The van der Waals surface area contributed by atoms with Crippen LogP contribution >= 0.6 is 0 Å². The van der Waals surface area contributed by atoms with E-state index in [4.69, 9.17) is 10.2 Å². The summed E-state index contributed by atoms with van der Waals surface area (Å²) >= 11 is 0. The Hall–Kier alpha value is -1.78. The number of nitrogens with two attached hydrogens (primary N) is 1. The molecule has 5 heteroatoms. The molecule has 0 aromatic carbocycles. The molecule has 3 N–H and O–H groups in total. The second kappa shape index (κ2) is 5.06. The fraction of sp³-hybridized carbons (Fsp3) is 0.333. The van der Waals surface area contributed by atoms with Crippen LogP contribution in [0.5, 0.6) is 0 Å². The minimum absolute atomic E-state index is 0.114. The molecule has 0 spiro atoms. The number of carbonyl (C=O) groups excluding carboxylic acids is 2. The zero-order chi connectivity index (χ0) is 10.4. The Labute approximate surface area is 81.3 Å². The van der Waals surface area contributed by atoms with E-state index in [-0.39, 0.29) is 12.5 Å². The SMILES string of the molecule is NC(=O)CNC(=O)CCc1ccco1. The van der Waals surface area contributed by atoms with Crippen LogP contribution in [-0.4, -0.2) is 18.4 Å². The first-order valence-corrected chi connectivity index (χ1v) is 4.26. The van der Waals surface area contributed by atoms with E-state index in [1.807, 2.05) is 0 Å². The number of furan rings is 1. The molecule has 14 heavy (non-hydrogen) atoms. The lowest BCUT2D eigenvalue weighted by molar-refractivity contribution is -0.124. The Morgan fingerprint density at radius 3 is 2.86 bits per heavy atom. The van der Waals surface area contributed by atoms with E-state index in [9.17, 15) is 9.59 Å². The molecule has 0 aliphatic heterocycles. The van der Waals surface area contributed by atoms with E-state index in [1.165, 1.54) is 0 Å². The van der Waals surface area contributed by atoms with E-state index in [0.29, 0.717) is 12.8 Å². The van der Waals surface area contributed by atoms with E-state index in [2.05, 4.69) is 5.32 Å². The average Bonchev–Trinajstić information content (AvgIpc) is 2.63. The van der Waals surface area contributed by atoms with Crippen LogP contribution in [0.2, 0.25) is 0 Å². The van der Waals surface area contributed by atoms with Crippen LogP contribution in [0.25, 0.3) is 0 Å². The van der Waals surface area contributed by atoms with Crippen molar-refractivity contribution in [3.8, 4) is 0 Å². The number of primary amides is 1. The van der Waals surface area contributed by atoms with Gasteiger partial charge in [0.05, 0.1) is 12.8 Å². The summed E-state index contributed by atoms with van der Waals surface area (Å²) in [4.78, 5) is 21.4. The van der Waals surface area contributed by atoms with Crippen LogP contribution < -0.4 is 11.1 Å². The van der Waals surface area contributed by atoms with Gasteiger partial charge in [-0.3, -0.25) is 9.59 Å². The fourth-order valence-electron chi connectivity index (χ4n) is 0.966. The van der Waals surface area contributed by atoms with E-state index in [1.54, 1.807) is 18.4 Å². The van der Waals surface area contributed by atoms with Crippen molar-refractivity contribution in [1.82, 2.24) is 5.32 Å². The Bertz CT molecular complexity index is 306. The van der Waals surface area contributed by atoms with Crippen molar-refractivity contribution in [2.45, 2.75) is 12.8 Å². The van der Waals surface area contributed by atoms with Gasteiger partial charge < -0.3 is 15.5 Å². The molecule has 0 unspecified atom stereocenters. The van der Waals surface area contributed by atoms with Gasteiger partial charge >= 0.3 is 0 Å². The van der Waals surface area contributed by atoms with Crippen LogP contribution in [-0.2, 0) is 16.0 Å². The van der Waals surface area contributed by atoms with Crippen molar-refractivity contribution < 1.29 is 14.0 Å². The molecule has 0 fully saturated rings. The molecule has 1 aromatic rings. The minimum Gasteiger partial charge on any atom is -0.469 e. The first-order valence-electron chi connectivity index (χ1n) is 4.26. The molecule has 0 aliphatic rings. The number of carbonyl (C=O) groups is 2. The standard InChI is InChI=1S/C9H12N2O3/c10-8(12)6-11-9(13)4-3-7-2-1-5-14-7/h1-2,5H,3-4,6H2,(H2,10,12)(H,11,13). The first-order chi connectivity index (χ1) is 6.68. The van der Waals surface area contributed by atoms with Crippen LogP contribution in [0.15, 0.2) is 22.8 Å². The monoisotopic (exact) mass is 196 g/mol. The zero-order valence-electron chi connectivity index (χ0n) is 7.66. The highest BCUT2D eigenvalue weighted by Gasteiger charge is 2.04. The molecule has 0 saturated heterocycles. The second-order valence-corrected chi connectivity index (χ2v) is 2.82. The molecule has 76 valence electrons. The van der Waals surface area contributed by atoms with Gasteiger partial charge in [-0.1, -0.05) is 0 Å². The number of aryl methyl sites for hydroxylation is 1. The van der Waals surface area contributed by atoms with E-state index >= 15 is 0 Å². The van der Waals surface area contributed by atoms with Gasteiger partial charge in [0.25, 0.3) is 0 Å². The predicted octanol–water partition coefficient (Wildman–Crippen LogP) is -0.186. The van der Waals surface area contributed by atoms with Crippen molar-refractivity contribution in [2.24, 2.45) is 5.73 Å². The highest BCUT2D eigenvalue weighted by Crippen LogP contribution is 2.02. The zero-order valence-corrected chi connectivity index (χ0v) is 7.66. The lowest BCUT2D eigenvalue weighted by Crippen LogP contribution is -2.33. The van der Waals surface area contributed by atoms with Gasteiger partial charge in [-0.2, -0.15) is 0 Å². The summed E-state index contributed by atoms with van der Waals surface area (Å²) in [5.41, 5.74) is 4.86. The highest BCUT2D eigenvalue weighted by atomic mass is 16.3. The van der Waals surface area contributed by atoms with Gasteiger partial charge in [-0.15, -0.1) is 0 Å². The maximum Gasteiger partial charge on any atom is 0.236 e. The summed E-state index contributed by atoms with van der Waals surface area (Å²) in [6, 6.07) is 3.55. The number of hydrogen-bond acceptors (Lipinski definition) is 3. The summed E-state index contributed by atoms with van der Waals surface area (Å²) in [7, 11) is 0. The molecule has 5 nitrogen and oxygen atoms in total. The third-order valence-corrected chi connectivity index (χ3v) is 1.64. The molecule has 0 bridgehead atoms. The van der Waals surface area contributed by atoms with Crippen molar-refractivity contribution >= 4 is 11.8 Å². The summed E-state index contributed by atoms with van der Waals surface area (Å²) in [5.74, 6) is -0.00391. The Morgan fingerprint density at radius 1 is 1.50 bits per heavy atom. The summed E-state index contributed by atoms with van der Waals surface area (Å²) in [6.07, 6.45) is 2.37. The van der Waals surface area contributed by atoms with Crippen molar-refractivity contribution in [2.75, 3.05) is 6.54 Å². The van der Waals surface area contributed by atoms with E-state index < -0.39 is 5.91 Å². The molecule has 0 aliphatic carbocycles. The average molecular weight is 196 g/mol. The molecule has 2 amide bonds. The maximum absolute atomic E-state index is 11.1. The van der Waals surface area contributed by atoms with Crippen LogP contribution in [0.1, 0.15) is 12.2 Å². The third-order valence-electron chi connectivity index (χ3n) is 1.64. The second-order valence-electron chi connectivity index (χ2n) is 2.82. The largest absolute Gasteiger partial charge is 0.469 e. The molecule has 1 rings (SSSR count). The van der Waals surface area contributed by atoms with Crippen LogP contribution in [0.3, 0.4) is 0 Å². The molecule has 1 heterocycles. The minimum atomic E-state index is -0.545. The maximum atomic E-state index is 11.1. The first kappa shape index (κ1) is 10.3. The van der Waals surface area contributed by atoms with Crippen molar-refractivity contribution in [1.29, 1.82) is 0 Å². The number of hydrogen-bond donors (Lipinski definition) is 2. The number of rotatable bonds is 5. The molecular weight excluding hydrogens is 184 g/mol. The number of amides is 2. The van der Waals surface area contributed by atoms with Crippen LogP contribution in [0, 0.1) is 0 Å². The third kappa shape index (κ3) is 3.75. The number of nitrogens with one attached hydrogen (secondary N) is 1. The summed E-state index contributed by atoms with van der Waals surface area (Å²) < 4.78 is 5.04. The molecule has 0 radical (unpaired) electrons. The molecular formula is C9H12N2O3. The predicted molar refractivity (Wildman–Crippen MR) is 49.2 cm³/mol. The smallest absolute Gasteiger partial charge is 0.236 e. The van der Waals surface area contributed by atoms with Gasteiger partial charge in [0.15, 0.2) is 0 Å². The van der Waals surface area contributed by atoms with Gasteiger partial charge in [-0.25, -0.2) is 0 Å². The summed E-state index contributed by atoms with van der Waals surface area (Å²) in [6.45, 7) is -0.114. The van der Waals surface area contributed by atoms with Gasteiger partial charge in [0, 0.05) is 12.8 Å². The summed E-state index contributed by atoms with van der Waals surface area (Å²) in [5, 5.41) is 2.39. The lowest BCUT2D eigenvalue weighted by Gasteiger charge is -2.00. The Kier molecular flexibility index (Phi) is 3.72. The molecule has 1 aromatic heterocycles. The molecule has 0 saturated carbocycles.